The summed E-state index contributed by atoms with van der Waals surface area (Å²) in [7, 11) is 1.82. The lowest BCUT2D eigenvalue weighted by Gasteiger charge is -2.37. The van der Waals surface area contributed by atoms with E-state index in [0.717, 1.165) is 45.8 Å². The van der Waals surface area contributed by atoms with Crippen LogP contribution in [0.5, 0.6) is 0 Å². The number of nitrogens with one attached hydrogen (secondary N) is 1. The molecule has 2 atom stereocenters. The molecule has 0 bridgehead atoms. The van der Waals surface area contributed by atoms with Gasteiger partial charge in [0.25, 0.3) is 0 Å². The van der Waals surface area contributed by atoms with Crippen LogP contribution in [0.25, 0.3) is 0 Å². The summed E-state index contributed by atoms with van der Waals surface area (Å²) >= 11 is 0. The smallest absolute Gasteiger partial charge is 0.106 e. The van der Waals surface area contributed by atoms with Gasteiger partial charge < -0.3 is 14.8 Å². The zero-order valence-electron chi connectivity index (χ0n) is 12.1. The average Bonchev–Trinajstić information content (AvgIpc) is 2.75. The lowest BCUT2D eigenvalue weighted by molar-refractivity contribution is -0.0429. The molecule has 1 N–H and O–H groups in total. The molecule has 2 aliphatic heterocycles. The van der Waals surface area contributed by atoms with Crippen LogP contribution in [0.4, 0.5) is 0 Å². The summed E-state index contributed by atoms with van der Waals surface area (Å²) < 4.78 is 11.3. The lowest BCUT2D eigenvalue weighted by atomic mass is 9.96. The molecule has 0 saturated carbocycles. The van der Waals surface area contributed by atoms with Crippen LogP contribution >= 0.6 is 0 Å². The molecule has 0 spiro atoms. The highest BCUT2D eigenvalue weighted by Gasteiger charge is 2.38. The van der Waals surface area contributed by atoms with Crippen molar-refractivity contribution in [2.75, 3.05) is 46.5 Å². The second-order valence-corrected chi connectivity index (χ2v) is 6.09. The number of hydrogen-bond acceptors (Lipinski definition) is 4. The van der Waals surface area contributed by atoms with Crippen LogP contribution < -0.4 is 5.32 Å². The molecule has 0 aliphatic carbocycles. The Hall–Kier alpha value is -0.160. The van der Waals surface area contributed by atoms with Gasteiger partial charge in [0.2, 0.25) is 0 Å². The first-order valence-electron chi connectivity index (χ1n) is 7.22. The number of methoxy groups -OCH3 is 1. The molecular formula is C14H28N2O2. The van der Waals surface area contributed by atoms with Gasteiger partial charge >= 0.3 is 0 Å². The van der Waals surface area contributed by atoms with Crippen molar-refractivity contribution in [3.05, 3.63) is 0 Å². The van der Waals surface area contributed by atoms with E-state index in [0.29, 0.717) is 0 Å². The average molecular weight is 256 g/mol. The van der Waals surface area contributed by atoms with Crippen LogP contribution in [0, 0.1) is 0 Å². The van der Waals surface area contributed by atoms with Gasteiger partial charge in [-0.3, -0.25) is 4.90 Å². The van der Waals surface area contributed by atoms with Crippen LogP contribution in [-0.4, -0.2) is 62.5 Å². The van der Waals surface area contributed by atoms with Crippen LogP contribution in [0.2, 0.25) is 0 Å². The Morgan fingerprint density at radius 3 is 2.89 bits per heavy atom. The van der Waals surface area contributed by atoms with Crippen LogP contribution in [-0.2, 0) is 9.47 Å². The Bertz CT molecular complexity index is 267. The van der Waals surface area contributed by atoms with E-state index in [2.05, 4.69) is 24.1 Å². The van der Waals surface area contributed by atoms with Crippen LogP contribution in [0.15, 0.2) is 0 Å². The first kappa shape index (κ1) is 14.3. The summed E-state index contributed by atoms with van der Waals surface area (Å²) in [6.45, 7) is 10.6. The molecule has 18 heavy (non-hydrogen) atoms. The minimum atomic E-state index is -0.0704. The third-order valence-corrected chi connectivity index (χ3v) is 4.57. The SMILES string of the molecule is CCC1(C)CN(CC2(OC)CCOC2)CCCN1. The Labute approximate surface area is 111 Å². The Morgan fingerprint density at radius 1 is 1.44 bits per heavy atom. The van der Waals surface area contributed by atoms with E-state index in [1.807, 2.05) is 7.11 Å². The van der Waals surface area contributed by atoms with E-state index in [9.17, 15) is 0 Å². The van der Waals surface area contributed by atoms with Gasteiger partial charge in [-0.15, -0.1) is 0 Å². The van der Waals surface area contributed by atoms with Crippen molar-refractivity contribution >= 4 is 0 Å². The van der Waals surface area contributed by atoms with E-state index in [-0.39, 0.29) is 11.1 Å². The fraction of sp³-hybridized carbons (Fsp3) is 1.00. The van der Waals surface area contributed by atoms with Crippen LogP contribution in [0.1, 0.15) is 33.1 Å². The summed E-state index contributed by atoms with van der Waals surface area (Å²) in [5.41, 5.74) is 0.171. The summed E-state index contributed by atoms with van der Waals surface area (Å²) in [5.74, 6) is 0. The largest absolute Gasteiger partial charge is 0.378 e. The minimum absolute atomic E-state index is 0.0704. The fourth-order valence-electron chi connectivity index (χ4n) is 3.04. The molecule has 106 valence electrons. The van der Waals surface area contributed by atoms with Gasteiger partial charge in [0, 0.05) is 38.8 Å². The molecular weight excluding hydrogens is 228 g/mol. The van der Waals surface area contributed by atoms with Crippen molar-refractivity contribution in [1.29, 1.82) is 0 Å². The molecule has 2 aliphatic rings. The van der Waals surface area contributed by atoms with Crippen LogP contribution in [0.3, 0.4) is 0 Å². The van der Waals surface area contributed by atoms with Gasteiger partial charge in [-0.25, -0.2) is 0 Å². The van der Waals surface area contributed by atoms with Gasteiger partial charge in [-0.05, 0) is 32.9 Å². The van der Waals surface area contributed by atoms with E-state index in [1.54, 1.807) is 0 Å². The summed E-state index contributed by atoms with van der Waals surface area (Å²) in [6, 6.07) is 0. The van der Waals surface area contributed by atoms with Crippen molar-refractivity contribution in [1.82, 2.24) is 10.2 Å². The van der Waals surface area contributed by atoms with Gasteiger partial charge in [0.15, 0.2) is 0 Å². The van der Waals surface area contributed by atoms with Crippen molar-refractivity contribution < 1.29 is 9.47 Å². The number of rotatable bonds is 4. The zero-order valence-corrected chi connectivity index (χ0v) is 12.1. The second kappa shape index (κ2) is 5.87. The van der Waals surface area contributed by atoms with Crippen molar-refractivity contribution in [2.24, 2.45) is 0 Å². The molecule has 4 heteroatoms. The van der Waals surface area contributed by atoms with Crippen molar-refractivity contribution in [3.63, 3.8) is 0 Å². The predicted molar refractivity (Wildman–Crippen MR) is 72.9 cm³/mol. The van der Waals surface area contributed by atoms with E-state index in [4.69, 9.17) is 9.47 Å². The monoisotopic (exact) mass is 256 g/mol. The van der Waals surface area contributed by atoms with Gasteiger partial charge in [-0.1, -0.05) is 6.92 Å². The molecule has 2 unspecified atom stereocenters. The number of hydrogen-bond donors (Lipinski definition) is 1. The molecule has 2 rings (SSSR count). The van der Waals surface area contributed by atoms with Gasteiger partial charge in [0.1, 0.15) is 5.60 Å². The summed E-state index contributed by atoms with van der Waals surface area (Å²) in [5, 5.41) is 3.68. The molecule has 2 saturated heterocycles. The third kappa shape index (κ3) is 3.23. The third-order valence-electron chi connectivity index (χ3n) is 4.57. The normalized spacial score (nSPS) is 38.8. The molecule has 4 nitrogen and oxygen atoms in total. The number of nitrogens with zero attached hydrogens (tertiary/aromatic N) is 1. The molecule has 0 aromatic rings. The molecule has 0 amide bonds. The second-order valence-electron chi connectivity index (χ2n) is 6.09. The zero-order chi connectivity index (χ0) is 13.1. The minimum Gasteiger partial charge on any atom is -0.378 e. The van der Waals surface area contributed by atoms with E-state index in [1.165, 1.54) is 12.8 Å². The Balaban J connectivity index is 1.98. The van der Waals surface area contributed by atoms with E-state index < -0.39 is 0 Å². The Morgan fingerprint density at radius 2 is 2.28 bits per heavy atom. The molecule has 0 aromatic carbocycles. The molecule has 0 aromatic heterocycles. The molecule has 0 radical (unpaired) electrons. The first-order valence-corrected chi connectivity index (χ1v) is 7.22. The maximum atomic E-state index is 5.76. The van der Waals surface area contributed by atoms with Crippen molar-refractivity contribution in [2.45, 2.75) is 44.2 Å². The highest BCUT2D eigenvalue weighted by molar-refractivity contribution is 4.93. The standard InChI is InChI=1S/C14H28N2O2/c1-4-13(2)10-16(8-5-7-15-13)11-14(17-3)6-9-18-12-14/h15H,4-12H2,1-3H3. The molecule has 2 fully saturated rings. The van der Waals surface area contributed by atoms with Gasteiger partial charge in [-0.2, -0.15) is 0 Å². The maximum absolute atomic E-state index is 5.76. The summed E-state index contributed by atoms with van der Waals surface area (Å²) in [4.78, 5) is 2.56. The highest BCUT2D eigenvalue weighted by Crippen LogP contribution is 2.25. The maximum Gasteiger partial charge on any atom is 0.106 e. The first-order chi connectivity index (χ1) is 8.61. The highest BCUT2D eigenvalue weighted by atomic mass is 16.5. The number of ether oxygens (including phenoxy) is 2. The predicted octanol–water partition coefficient (Wildman–Crippen LogP) is 1.26. The van der Waals surface area contributed by atoms with Gasteiger partial charge in [0.05, 0.1) is 6.61 Å². The topological polar surface area (TPSA) is 33.7 Å². The van der Waals surface area contributed by atoms with E-state index >= 15 is 0 Å². The summed E-state index contributed by atoms with van der Waals surface area (Å²) in [6.07, 6.45) is 3.41. The quantitative estimate of drug-likeness (QED) is 0.821. The molecule has 2 heterocycles. The fourth-order valence-corrected chi connectivity index (χ4v) is 3.04. The lowest BCUT2D eigenvalue weighted by Crippen LogP contribution is -2.52. The Kier molecular flexibility index (Phi) is 4.64. The van der Waals surface area contributed by atoms with Crippen molar-refractivity contribution in [3.8, 4) is 0 Å².